The van der Waals surface area contributed by atoms with Crippen LogP contribution < -0.4 is 16.8 Å². The summed E-state index contributed by atoms with van der Waals surface area (Å²) < 4.78 is 5.28. The number of esters is 1. The molecule has 0 aliphatic heterocycles. The highest BCUT2D eigenvalue weighted by atomic mass is 16.6. The van der Waals surface area contributed by atoms with E-state index in [-0.39, 0.29) is 12.8 Å². The summed E-state index contributed by atoms with van der Waals surface area (Å²) in [6, 6.07) is 1.68. The minimum Gasteiger partial charge on any atom is -0.458 e. The Bertz CT molecular complexity index is 598. The number of primary amides is 1. The predicted octanol–water partition coefficient (Wildman–Crippen LogP) is 0.0434. The summed E-state index contributed by atoms with van der Waals surface area (Å²) in [5.74, 6) is -1.70. The molecule has 0 fully saturated rings. The number of nitrogens with zero attached hydrogens (tertiary/aromatic N) is 1. The number of ether oxygens (including phenoxy) is 1. The minimum atomic E-state index is -0.984. The van der Waals surface area contributed by atoms with Gasteiger partial charge >= 0.3 is 5.97 Å². The lowest BCUT2D eigenvalue weighted by Gasteiger charge is -2.25. The van der Waals surface area contributed by atoms with Crippen molar-refractivity contribution < 1.29 is 19.1 Å². The molecule has 1 rings (SSSR count). The van der Waals surface area contributed by atoms with E-state index < -0.39 is 35.5 Å². The zero-order valence-electron chi connectivity index (χ0n) is 14.8. The van der Waals surface area contributed by atoms with Gasteiger partial charge in [0.15, 0.2) is 0 Å². The summed E-state index contributed by atoms with van der Waals surface area (Å²) in [5, 5.41) is 2.55. The Labute approximate surface area is 147 Å². The number of nitrogens with one attached hydrogen (secondary N) is 1. The molecule has 2 atom stereocenters. The van der Waals surface area contributed by atoms with Crippen LogP contribution in [0.25, 0.3) is 0 Å². The lowest BCUT2D eigenvalue weighted by molar-refractivity contribution is -0.159. The number of nitrogens with two attached hydrogens (primary N) is 2. The molecule has 8 heteroatoms. The van der Waals surface area contributed by atoms with E-state index in [2.05, 4.69) is 10.3 Å². The van der Waals surface area contributed by atoms with E-state index in [1.165, 1.54) is 0 Å². The Hall–Kier alpha value is -2.48. The fraction of sp³-hybridized carbons (Fsp3) is 0.529. The van der Waals surface area contributed by atoms with E-state index >= 15 is 0 Å². The van der Waals surface area contributed by atoms with Crippen molar-refractivity contribution in [3.05, 3.63) is 30.1 Å². The van der Waals surface area contributed by atoms with Crippen LogP contribution in [0, 0.1) is 0 Å². The standard InChI is InChI=1S/C17H26N4O4/c1-17(2,3)25-16(24)13(4-5-14(19)22)21-15(23)12(18)10-11-6-8-20-9-7-11/h6-9,12-13H,4-5,10,18H2,1-3H3,(H2,19,22)(H,21,23)/t12-,13-/m0/s1. The number of aromatic nitrogens is 1. The summed E-state index contributed by atoms with van der Waals surface area (Å²) in [4.78, 5) is 39.4. The molecule has 8 nitrogen and oxygen atoms in total. The van der Waals surface area contributed by atoms with Gasteiger partial charge in [-0.15, -0.1) is 0 Å². The Morgan fingerprint density at radius 1 is 1.24 bits per heavy atom. The van der Waals surface area contributed by atoms with Crippen molar-refractivity contribution in [2.45, 2.75) is 57.7 Å². The van der Waals surface area contributed by atoms with Crippen LogP contribution in [0.5, 0.6) is 0 Å². The maximum absolute atomic E-state index is 12.3. The van der Waals surface area contributed by atoms with Gasteiger partial charge in [-0.1, -0.05) is 0 Å². The van der Waals surface area contributed by atoms with Gasteiger partial charge in [-0.05, 0) is 51.3 Å². The summed E-state index contributed by atoms with van der Waals surface area (Å²) in [5.41, 5.74) is 11.2. The highest BCUT2D eigenvalue weighted by Crippen LogP contribution is 2.11. The monoisotopic (exact) mass is 350 g/mol. The summed E-state index contributed by atoms with van der Waals surface area (Å²) in [6.45, 7) is 5.15. The smallest absolute Gasteiger partial charge is 0.329 e. The van der Waals surface area contributed by atoms with Gasteiger partial charge in [-0.2, -0.15) is 0 Å². The third-order valence-electron chi connectivity index (χ3n) is 3.23. The SMILES string of the molecule is CC(C)(C)OC(=O)[C@H](CCC(N)=O)NC(=O)[C@@H](N)Cc1ccncc1. The Balaban J connectivity index is 2.72. The lowest BCUT2D eigenvalue weighted by Crippen LogP contribution is -2.50. The van der Waals surface area contributed by atoms with E-state index in [0.717, 1.165) is 5.56 Å². The van der Waals surface area contributed by atoms with Crippen molar-refractivity contribution in [1.82, 2.24) is 10.3 Å². The summed E-state index contributed by atoms with van der Waals surface area (Å²) in [7, 11) is 0. The van der Waals surface area contributed by atoms with Gasteiger partial charge < -0.3 is 21.5 Å². The molecule has 0 radical (unpaired) electrons. The molecule has 0 saturated heterocycles. The zero-order valence-corrected chi connectivity index (χ0v) is 14.8. The highest BCUT2D eigenvalue weighted by molar-refractivity contribution is 5.88. The molecule has 5 N–H and O–H groups in total. The second-order valence-corrected chi connectivity index (χ2v) is 6.77. The number of carbonyl (C=O) groups is 3. The van der Waals surface area contributed by atoms with Crippen LogP contribution in [0.2, 0.25) is 0 Å². The molecule has 25 heavy (non-hydrogen) atoms. The normalized spacial score (nSPS) is 13.6. The number of pyridine rings is 1. The van der Waals surface area contributed by atoms with Crippen molar-refractivity contribution in [1.29, 1.82) is 0 Å². The second kappa shape index (κ2) is 9.12. The van der Waals surface area contributed by atoms with Crippen LogP contribution in [0.4, 0.5) is 0 Å². The largest absolute Gasteiger partial charge is 0.458 e. The Kier molecular flexibility index (Phi) is 7.50. The van der Waals surface area contributed by atoms with Crippen LogP contribution >= 0.6 is 0 Å². The molecule has 0 saturated carbocycles. The van der Waals surface area contributed by atoms with Crippen molar-refractivity contribution in [2.75, 3.05) is 0 Å². The molecular formula is C17H26N4O4. The van der Waals surface area contributed by atoms with E-state index in [4.69, 9.17) is 16.2 Å². The number of hydrogen-bond donors (Lipinski definition) is 3. The van der Waals surface area contributed by atoms with Gasteiger partial charge in [-0.25, -0.2) is 4.79 Å². The molecule has 138 valence electrons. The van der Waals surface area contributed by atoms with Crippen LogP contribution in [-0.2, 0) is 25.5 Å². The van der Waals surface area contributed by atoms with Gasteiger partial charge in [0, 0.05) is 18.8 Å². The van der Waals surface area contributed by atoms with Crippen LogP contribution in [0.15, 0.2) is 24.5 Å². The number of hydrogen-bond acceptors (Lipinski definition) is 6. The van der Waals surface area contributed by atoms with Gasteiger partial charge in [0.2, 0.25) is 11.8 Å². The lowest BCUT2D eigenvalue weighted by atomic mass is 10.1. The van der Waals surface area contributed by atoms with Crippen molar-refractivity contribution >= 4 is 17.8 Å². The second-order valence-electron chi connectivity index (χ2n) is 6.77. The molecule has 0 aliphatic carbocycles. The molecule has 1 heterocycles. The van der Waals surface area contributed by atoms with Gasteiger partial charge in [0.1, 0.15) is 11.6 Å². The van der Waals surface area contributed by atoms with Gasteiger partial charge in [-0.3, -0.25) is 14.6 Å². The molecule has 2 amide bonds. The molecular weight excluding hydrogens is 324 g/mol. The molecule has 0 aromatic carbocycles. The molecule has 1 aromatic rings. The zero-order chi connectivity index (χ0) is 19.0. The fourth-order valence-corrected chi connectivity index (χ4v) is 2.05. The Morgan fingerprint density at radius 3 is 2.36 bits per heavy atom. The third kappa shape index (κ3) is 8.25. The summed E-state index contributed by atoms with van der Waals surface area (Å²) >= 11 is 0. The van der Waals surface area contributed by atoms with Crippen molar-refractivity contribution in [2.24, 2.45) is 11.5 Å². The first-order valence-electron chi connectivity index (χ1n) is 8.04. The number of amides is 2. The first kappa shape index (κ1) is 20.6. The molecule has 1 aromatic heterocycles. The highest BCUT2D eigenvalue weighted by Gasteiger charge is 2.28. The van der Waals surface area contributed by atoms with Crippen molar-refractivity contribution in [3.63, 3.8) is 0 Å². The fourth-order valence-electron chi connectivity index (χ4n) is 2.05. The van der Waals surface area contributed by atoms with Gasteiger partial charge in [0.25, 0.3) is 0 Å². The summed E-state index contributed by atoms with van der Waals surface area (Å²) in [6.07, 6.45) is 3.51. The van der Waals surface area contributed by atoms with Crippen LogP contribution in [0.1, 0.15) is 39.2 Å². The molecule has 0 spiro atoms. The molecule has 0 aliphatic rings. The first-order valence-corrected chi connectivity index (χ1v) is 8.04. The van der Waals surface area contributed by atoms with E-state index in [9.17, 15) is 14.4 Å². The topological polar surface area (TPSA) is 137 Å². The predicted molar refractivity (Wildman–Crippen MR) is 92.1 cm³/mol. The quantitative estimate of drug-likeness (QED) is 0.566. The molecule has 0 unspecified atom stereocenters. The van der Waals surface area contributed by atoms with E-state index in [0.29, 0.717) is 6.42 Å². The first-order chi connectivity index (χ1) is 11.6. The maximum atomic E-state index is 12.3. The maximum Gasteiger partial charge on any atom is 0.329 e. The average molecular weight is 350 g/mol. The molecule has 0 bridgehead atoms. The average Bonchev–Trinajstić information content (AvgIpc) is 2.50. The minimum absolute atomic E-state index is 0.0518. The van der Waals surface area contributed by atoms with Crippen LogP contribution in [-0.4, -0.2) is 40.5 Å². The van der Waals surface area contributed by atoms with E-state index in [1.54, 1.807) is 45.3 Å². The number of rotatable bonds is 8. The van der Waals surface area contributed by atoms with Crippen molar-refractivity contribution in [3.8, 4) is 0 Å². The third-order valence-corrected chi connectivity index (χ3v) is 3.23. The van der Waals surface area contributed by atoms with E-state index in [1.807, 2.05) is 0 Å². The van der Waals surface area contributed by atoms with Gasteiger partial charge in [0.05, 0.1) is 6.04 Å². The Morgan fingerprint density at radius 2 is 1.84 bits per heavy atom. The van der Waals surface area contributed by atoms with Crippen LogP contribution in [0.3, 0.4) is 0 Å². The number of carbonyl (C=O) groups excluding carboxylic acids is 3.